The summed E-state index contributed by atoms with van der Waals surface area (Å²) in [7, 11) is 0. The van der Waals surface area contributed by atoms with Gasteiger partial charge in [0.25, 0.3) is 0 Å². The lowest BCUT2D eigenvalue weighted by Gasteiger charge is -2.42. The van der Waals surface area contributed by atoms with E-state index in [9.17, 15) is 0 Å². The Morgan fingerprint density at radius 2 is 1.77 bits per heavy atom. The second kappa shape index (κ2) is 2.29. The number of hydrogen-bond donors (Lipinski definition) is 0. The molecule has 4 unspecified atom stereocenters. The Morgan fingerprint density at radius 3 is 2.38 bits per heavy atom. The first-order chi connectivity index (χ1) is 6.42. The first-order valence-corrected chi connectivity index (χ1v) is 5.91. The van der Waals surface area contributed by atoms with Crippen LogP contribution < -0.4 is 0 Å². The summed E-state index contributed by atoms with van der Waals surface area (Å²) in [6.45, 7) is 4.25. The molecular weight excluding hydrogens is 160 g/mol. The summed E-state index contributed by atoms with van der Waals surface area (Å²) in [5, 5.41) is 0. The highest BCUT2D eigenvalue weighted by molar-refractivity contribution is 5.02. The van der Waals surface area contributed by atoms with Crippen LogP contribution in [-0.4, -0.2) is 41.6 Å². The highest BCUT2D eigenvalue weighted by Gasteiger charge is 2.50. The fraction of sp³-hybridized carbons (Fsp3) is 1.00. The van der Waals surface area contributed by atoms with Gasteiger partial charge in [0.15, 0.2) is 0 Å². The van der Waals surface area contributed by atoms with E-state index in [0.717, 1.165) is 24.0 Å². The summed E-state index contributed by atoms with van der Waals surface area (Å²) in [6.07, 6.45) is 6.84. The number of hydrogen-bond acceptors (Lipinski definition) is 2. The molecule has 0 radical (unpaired) electrons. The maximum absolute atomic E-state index is 2.78. The minimum atomic E-state index is 0.867. The molecule has 0 bridgehead atoms. The van der Waals surface area contributed by atoms with Crippen LogP contribution in [0, 0.1) is 11.8 Å². The molecule has 0 N–H and O–H groups in total. The Balaban J connectivity index is 1.49. The molecule has 13 heavy (non-hydrogen) atoms. The first-order valence-electron chi connectivity index (χ1n) is 5.91. The average Bonchev–Trinajstić information content (AvgIpc) is 2.57. The Kier molecular flexibility index (Phi) is 1.28. The van der Waals surface area contributed by atoms with Crippen molar-refractivity contribution in [3.8, 4) is 0 Å². The molecule has 4 aliphatic rings. The fourth-order valence-electron chi connectivity index (χ4n) is 3.74. The lowest BCUT2D eigenvalue weighted by atomic mass is 10.1. The monoisotopic (exact) mass is 178 g/mol. The van der Waals surface area contributed by atoms with E-state index in [1.165, 1.54) is 38.9 Å². The van der Waals surface area contributed by atoms with Crippen LogP contribution in [0.2, 0.25) is 0 Å². The molecule has 0 amide bonds. The van der Waals surface area contributed by atoms with Crippen LogP contribution >= 0.6 is 0 Å². The number of nitrogens with zero attached hydrogens (tertiary/aromatic N) is 2. The summed E-state index contributed by atoms with van der Waals surface area (Å²) in [4.78, 5) is 5.53. The molecule has 72 valence electrons. The maximum Gasteiger partial charge on any atom is 0.0625 e. The number of piperidine rings is 1. The molecule has 3 heterocycles. The number of likely N-dealkylation sites (tertiary alicyclic amines) is 1. The third-order valence-corrected chi connectivity index (χ3v) is 4.76. The first kappa shape index (κ1) is 7.24. The average molecular weight is 178 g/mol. The van der Waals surface area contributed by atoms with Gasteiger partial charge in [0, 0.05) is 25.7 Å². The number of fused-ring (bicyclic) bond motifs is 2. The van der Waals surface area contributed by atoms with Gasteiger partial charge in [0.1, 0.15) is 0 Å². The molecule has 1 aliphatic carbocycles. The lowest BCUT2D eigenvalue weighted by Crippen LogP contribution is -2.53. The van der Waals surface area contributed by atoms with Gasteiger partial charge in [-0.05, 0) is 37.5 Å². The molecule has 2 heteroatoms. The van der Waals surface area contributed by atoms with Gasteiger partial charge in [0.05, 0.1) is 6.17 Å². The van der Waals surface area contributed by atoms with Gasteiger partial charge >= 0.3 is 0 Å². The van der Waals surface area contributed by atoms with Gasteiger partial charge in [-0.3, -0.25) is 9.80 Å². The van der Waals surface area contributed by atoms with Crippen LogP contribution in [0.1, 0.15) is 25.7 Å². The molecule has 4 rings (SSSR count). The van der Waals surface area contributed by atoms with Gasteiger partial charge in [-0.25, -0.2) is 0 Å². The van der Waals surface area contributed by atoms with Crippen molar-refractivity contribution >= 4 is 0 Å². The van der Waals surface area contributed by atoms with Crippen LogP contribution in [0.3, 0.4) is 0 Å². The molecule has 0 spiro atoms. The summed E-state index contributed by atoms with van der Waals surface area (Å²) in [5.74, 6) is 2.22. The predicted octanol–water partition coefficient (Wildman–Crippen LogP) is 1.13. The van der Waals surface area contributed by atoms with Crippen LogP contribution in [-0.2, 0) is 0 Å². The van der Waals surface area contributed by atoms with E-state index in [1.54, 1.807) is 6.42 Å². The van der Waals surface area contributed by atoms with Crippen LogP contribution in [0.4, 0.5) is 0 Å². The minimum Gasteiger partial charge on any atom is -0.287 e. The smallest absolute Gasteiger partial charge is 0.0625 e. The second-order valence-corrected chi connectivity index (χ2v) is 5.45. The molecule has 4 atom stereocenters. The molecule has 4 fully saturated rings. The minimum absolute atomic E-state index is 0.867. The van der Waals surface area contributed by atoms with Gasteiger partial charge in [-0.1, -0.05) is 0 Å². The van der Waals surface area contributed by atoms with Crippen molar-refractivity contribution in [1.82, 2.24) is 9.80 Å². The van der Waals surface area contributed by atoms with Crippen molar-refractivity contribution in [2.45, 2.75) is 37.9 Å². The zero-order chi connectivity index (χ0) is 8.41. The van der Waals surface area contributed by atoms with E-state index in [4.69, 9.17) is 0 Å². The molecule has 0 aromatic carbocycles. The van der Waals surface area contributed by atoms with Crippen molar-refractivity contribution in [2.75, 3.05) is 19.6 Å². The van der Waals surface area contributed by atoms with Gasteiger partial charge in [-0.15, -0.1) is 0 Å². The summed E-state index contributed by atoms with van der Waals surface area (Å²) < 4.78 is 0. The zero-order valence-electron chi connectivity index (χ0n) is 8.15. The van der Waals surface area contributed by atoms with Crippen molar-refractivity contribution in [1.29, 1.82) is 0 Å². The normalized spacial score (nSPS) is 54.5. The Hall–Kier alpha value is -0.0800. The van der Waals surface area contributed by atoms with Gasteiger partial charge < -0.3 is 0 Å². The molecule has 2 nitrogen and oxygen atoms in total. The lowest BCUT2D eigenvalue weighted by molar-refractivity contribution is 0.00965. The zero-order valence-corrected chi connectivity index (χ0v) is 8.15. The van der Waals surface area contributed by atoms with E-state index >= 15 is 0 Å². The van der Waals surface area contributed by atoms with E-state index in [1.807, 2.05) is 0 Å². The third-order valence-electron chi connectivity index (χ3n) is 4.76. The van der Waals surface area contributed by atoms with Crippen LogP contribution in [0.25, 0.3) is 0 Å². The standard InChI is InChI=1S/C11H18N2/c1-2-11(13-4-3-10(1)13)12-6-8-5-9(8)7-12/h8-11H,1-7H2. The molecule has 0 aromatic rings. The second-order valence-electron chi connectivity index (χ2n) is 5.45. The van der Waals surface area contributed by atoms with Crippen molar-refractivity contribution < 1.29 is 0 Å². The van der Waals surface area contributed by atoms with Crippen molar-refractivity contribution in [3.63, 3.8) is 0 Å². The molecule has 3 aliphatic heterocycles. The van der Waals surface area contributed by atoms with Gasteiger partial charge in [0.2, 0.25) is 0 Å². The highest BCUT2D eigenvalue weighted by atomic mass is 15.4. The predicted molar refractivity (Wildman–Crippen MR) is 51.3 cm³/mol. The fourth-order valence-corrected chi connectivity index (χ4v) is 3.74. The van der Waals surface area contributed by atoms with E-state index in [2.05, 4.69) is 9.80 Å². The molecule has 3 saturated heterocycles. The Bertz CT molecular complexity index is 230. The quantitative estimate of drug-likeness (QED) is 0.594. The highest BCUT2D eigenvalue weighted by Crippen LogP contribution is 2.48. The molecule has 0 aromatic heterocycles. The maximum atomic E-state index is 2.78. The molecular formula is C11H18N2. The topological polar surface area (TPSA) is 6.48 Å². The molecule has 1 saturated carbocycles. The summed E-state index contributed by atoms with van der Waals surface area (Å²) >= 11 is 0. The Morgan fingerprint density at radius 1 is 0.923 bits per heavy atom. The Labute approximate surface area is 79.9 Å². The van der Waals surface area contributed by atoms with E-state index < -0.39 is 0 Å². The van der Waals surface area contributed by atoms with Crippen LogP contribution in [0.5, 0.6) is 0 Å². The summed E-state index contributed by atoms with van der Waals surface area (Å²) in [6, 6.07) is 0.988. The largest absolute Gasteiger partial charge is 0.287 e. The van der Waals surface area contributed by atoms with Crippen LogP contribution in [0.15, 0.2) is 0 Å². The van der Waals surface area contributed by atoms with E-state index in [-0.39, 0.29) is 0 Å². The van der Waals surface area contributed by atoms with Crippen molar-refractivity contribution in [3.05, 3.63) is 0 Å². The van der Waals surface area contributed by atoms with E-state index in [0.29, 0.717) is 0 Å². The SMILES string of the molecule is C1C2CN(C3CCC4CCN43)CC12. The van der Waals surface area contributed by atoms with Crippen molar-refractivity contribution in [2.24, 2.45) is 11.8 Å². The number of rotatable bonds is 1. The summed E-state index contributed by atoms with van der Waals surface area (Å²) in [5.41, 5.74) is 0. The van der Waals surface area contributed by atoms with Gasteiger partial charge in [-0.2, -0.15) is 0 Å². The third kappa shape index (κ3) is 0.909.